The molecule has 0 radical (unpaired) electrons. The second-order valence-electron chi connectivity index (χ2n) is 12.8. The molecule has 9 N–H and O–H groups in total. The van der Waals surface area contributed by atoms with Gasteiger partial charge in [-0.3, -0.25) is 4.55 Å². The van der Waals surface area contributed by atoms with Gasteiger partial charge in [0.25, 0.3) is 10.1 Å². The third-order valence-corrected chi connectivity index (χ3v) is 12.7. The molecule has 0 atom stereocenters. The highest BCUT2D eigenvalue weighted by atomic mass is 35.5. The number of halogens is 1. The number of phenols is 1. The molecule has 6 aromatic rings. The molecule has 27 nitrogen and oxygen atoms in total. The number of nitrogens with zero attached hydrogens (tertiary/aromatic N) is 8. The molecule has 0 fully saturated rings. The minimum absolute atomic E-state index is 0.00468. The number of nitrogens with two attached hydrogens (primary N) is 1. The van der Waals surface area contributed by atoms with Crippen LogP contribution in [-0.2, 0) is 48.1 Å². The number of carbonyl (C=O) groups excluding carboxylic acids is 1. The number of rotatable bonds is 21. The number of azo groups is 2. The van der Waals surface area contributed by atoms with E-state index in [2.05, 4.69) is 69.8 Å². The summed E-state index contributed by atoms with van der Waals surface area (Å²) in [5.41, 5.74) is 5.12. The summed E-state index contributed by atoms with van der Waals surface area (Å²) in [6.45, 7) is 2.05. The number of phenolic OH excluding ortho intramolecular Hbond substituents is 1. The summed E-state index contributed by atoms with van der Waals surface area (Å²) in [7, 11) is -8.38. The fraction of sp³-hybridized carbons (Fsp3) is 0.0857. The zero-order chi connectivity index (χ0) is 49.2. The van der Waals surface area contributed by atoms with Crippen molar-refractivity contribution in [1.82, 2.24) is 15.0 Å². The Labute approximate surface area is 400 Å². The van der Waals surface area contributed by atoms with Crippen LogP contribution in [-0.4, -0.2) is 76.1 Å². The molecule has 0 saturated heterocycles. The molecule has 358 valence electrons. The number of aromatic hydroxyl groups is 1. The molecule has 0 spiro atoms. The summed E-state index contributed by atoms with van der Waals surface area (Å²) in [5.74, 6) is -0.605. The number of aromatic nitrogens is 3. The highest BCUT2D eigenvalue weighted by Gasteiger charge is 2.23. The first-order chi connectivity index (χ1) is 32.4. The van der Waals surface area contributed by atoms with Crippen LogP contribution in [0.1, 0.15) is 6.92 Å². The maximum Gasteiger partial charge on any atom is 0.316 e. The second-order valence-corrected chi connectivity index (χ2v) is 18.8. The maximum absolute atomic E-state index is 12.3. The standard InChI is InChI=1S/C35H30ClN11O16S5/c1-3-47(18-5-4-6-20(14-18)67(2,53)54)35-41-32(36)40-34(42-35)39-24-11-9-21-22(31(24)66-63-60-52)16-27(65-62-59-51)29(30(21)48)46-43-17-7-10-23(25(13-17)38-33(37)49)44-45-26-15-19(64-61-58-50)8-12-28(26)68(55,56)57/h4-16,48,50-52H,3H2,1-2H3,(H3,37,38,49)(H,55,56,57)(H,39,40,41,42). The Kier molecular flexibility index (Phi) is 17.3. The Morgan fingerprint density at radius 2 is 1.53 bits per heavy atom. The van der Waals surface area contributed by atoms with E-state index in [4.69, 9.17) is 37.4 Å². The van der Waals surface area contributed by atoms with Gasteiger partial charge in [-0.05, 0) is 91.3 Å². The van der Waals surface area contributed by atoms with E-state index in [1.807, 2.05) is 0 Å². The minimum atomic E-state index is -4.82. The molecule has 0 unspecified atom stereocenters. The molecule has 2 amide bonds. The third-order valence-electron chi connectivity index (χ3n) is 8.58. The molecule has 5 aromatic carbocycles. The minimum Gasteiger partial charge on any atom is -0.505 e. The molecule has 0 saturated carbocycles. The number of fused-ring (bicyclic) bond motifs is 1. The molecule has 0 aliphatic rings. The molecular weight excluding hydrogens is 1030 g/mol. The van der Waals surface area contributed by atoms with Crippen LogP contribution in [0, 0.1) is 0 Å². The van der Waals surface area contributed by atoms with Crippen molar-refractivity contribution in [3.63, 3.8) is 0 Å². The maximum atomic E-state index is 12.3. The van der Waals surface area contributed by atoms with Crippen LogP contribution < -0.4 is 21.3 Å². The van der Waals surface area contributed by atoms with E-state index in [1.165, 1.54) is 54.6 Å². The SMILES string of the molecule is CCN(c1cccc(S(C)(=O)=O)c1)c1nc(Cl)nc(Nc2ccc3c(O)c(N=Nc4ccc(N=Nc5cc(SOOO)ccc5S(=O)(=O)O)c(NC(N)=O)c4)c(SOOO)cc3c2SOOO)n1. The van der Waals surface area contributed by atoms with Crippen molar-refractivity contribution in [3.05, 3.63) is 84.1 Å². The van der Waals surface area contributed by atoms with Gasteiger partial charge < -0.3 is 26.4 Å². The summed E-state index contributed by atoms with van der Waals surface area (Å²) < 4.78 is 72.2. The normalized spacial score (nSPS) is 12.0. The average Bonchev–Trinajstić information content (AvgIpc) is 3.28. The molecule has 0 bridgehead atoms. The molecule has 0 aliphatic carbocycles. The molecule has 0 aliphatic heterocycles. The Balaban J connectivity index is 1.38. The number of anilines is 5. The molecule has 1 heterocycles. The quantitative estimate of drug-likeness (QED) is 0.0109. The summed E-state index contributed by atoms with van der Waals surface area (Å²) in [5, 5.41) is 71.0. The van der Waals surface area contributed by atoms with Gasteiger partial charge in [-0.15, -0.1) is 28.3 Å². The van der Waals surface area contributed by atoms with Crippen molar-refractivity contribution in [2.45, 2.75) is 31.4 Å². The summed E-state index contributed by atoms with van der Waals surface area (Å²) in [4.78, 5) is 26.1. The summed E-state index contributed by atoms with van der Waals surface area (Å²) in [6, 6.07) is 16.5. The zero-order valence-corrected chi connectivity index (χ0v) is 38.9. The predicted molar refractivity (Wildman–Crippen MR) is 242 cm³/mol. The van der Waals surface area contributed by atoms with Crippen LogP contribution in [0.4, 0.5) is 56.5 Å². The Morgan fingerprint density at radius 1 is 0.809 bits per heavy atom. The lowest BCUT2D eigenvalue weighted by molar-refractivity contribution is -0.432. The van der Waals surface area contributed by atoms with Crippen molar-refractivity contribution in [1.29, 1.82) is 0 Å². The van der Waals surface area contributed by atoms with Crippen LogP contribution in [0.15, 0.2) is 124 Å². The number of nitrogens with one attached hydrogen (secondary N) is 2. The van der Waals surface area contributed by atoms with Gasteiger partial charge in [0.2, 0.25) is 17.2 Å². The lowest BCUT2D eigenvalue weighted by atomic mass is 10.1. The average molecular weight is 1060 g/mol. The van der Waals surface area contributed by atoms with Crippen LogP contribution in [0.5, 0.6) is 5.75 Å². The number of urea groups is 1. The first-order valence-corrected chi connectivity index (χ1v) is 24.1. The Hall–Kier alpha value is -5.92. The largest absolute Gasteiger partial charge is 0.505 e. The van der Waals surface area contributed by atoms with Gasteiger partial charge in [-0.1, -0.05) is 21.2 Å². The molecule has 68 heavy (non-hydrogen) atoms. The Morgan fingerprint density at radius 3 is 2.22 bits per heavy atom. The van der Waals surface area contributed by atoms with Crippen molar-refractivity contribution >= 4 is 136 Å². The van der Waals surface area contributed by atoms with E-state index < -0.39 is 42.3 Å². The van der Waals surface area contributed by atoms with E-state index in [-0.39, 0.29) is 82.5 Å². The smallest absolute Gasteiger partial charge is 0.316 e. The number of primary amides is 1. The van der Waals surface area contributed by atoms with E-state index in [0.29, 0.717) is 41.8 Å². The first kappa shape index (κ1) is 51.5. The van der Waals surface area contributed by atoms with Gasteiger partial charge in [0, 0.05) is 34.2 Å². The number of hydrogen-bond acceptors (Lipinski definition) is 27. The highest BCUT2D eigenvalue weighted by Crippen LogP contribution is 2.48. The first-order valence-electron chi connectivity index (χ1n) is 18.1. The van der Waals surface area contributed by atoms with Crippen LogP contribution >= 0.6 is 47.7 Å². The number of amides is 2. The van der Waals surface area contributed by atoms with E-state index in [0.717, 1.165) is 18.4 Å². The van der Waals surface area contributed by atoms with Crippen molar-refractivity contribution in [2.75, 3.05) is 28.3 Å². The number of carbonyl (C=O) groups is 1. The zero-order valence-electron chi connectivity index (χ0n) is 34.0. The van der Waals surface area contributed by atoms with Gasteiger partial charge in [0.05, 0.1) is 67.9 Å². The van der Waals surface area contributed by atoms with E-state index >= 15 is 0 Å². The van der Waals surface area contributed by atoms with Crippen LogP contribution in [0.3, 0.4) is 0 Å². The van der Waals surface area contributed by atoms with Gasteiger partial charge in [-0.2, -0.15) is 28.5 Å². The topological polar surface area (TPSA) is 383 Å². The highest BCUT2D eigenvalue weighted by molar-refractivity contribution is 7.95. The number of hydrogen-bond donors (Lipinski definition) is 8. The molecular formula is C35H30ClN11O16S5. The number of benzene rings is 5. The third kappa shape index (κ3) is 13.0. The fourth-order valence-electron chi connectivity index (χ4n) is 5.82. The van der Waals surface area contributed by atoms with Crippen LogP contribution in [0.2, 0.25) is 5.28 Å². The van der Waals surface area contributed by atoms with Gasteiger partial charge in [0.1, 0.15) is 22.0 Å². The lowest BCUT2D eigenvalue weighted by Gasteiger charge is -2.22. The van der Waals surface area contributed by atoms with Crippen molar-refractivity contribution in [3.8, 4) is 5.75 Å². The predicted octanol–water partition coefficient (Wildman–Crippen LogP) is 9.54. The summed E-state index contributed by atoms with van der Waals surface area (Å²) >= 11 is 7.64. The molecule has 6 rings (SSSR count). The van der Waals surface area contributed by atoms with Crippen molar-refractivity contribution in [2.24, 2.45) is 26.2 Å². The number of sulfone groups is 1. The lowest BCUT2D eigenvalue weighted by Crippen LogP contribution is -2.20. The van der Waals surface area contributed by atoms with Gasteiger partial charge in [-0.25, -0.2) is 29.0 Å². The van der Waals surface area contributed by atoms with E-state index in [1.54, 1.807) is 24.0 Å². The fourth-order valence-corrected chi connectivity index (χ4v) is 8.69. The Bertz CT molecular complexity index is 3140. The van der Waals surface area contributed by atoms with Crippen LogP contribution in [0.25, 0.3) is 10.8 Å². The van der Waals surface area contributed by atoms with Crippen molar-refractivity contribution < 1.29 is 75.2 Å². The van der Waals surface area contributed by atoms with Gasteiger partial charge >= 0.3 is 6.03 Å². The molecule has 1 aromatic heterocycles. The monoisotopic (exact) mass is 1060 g/mol. The summed E-state index contributed by atoms with van der Waals surface area (Å²) in [6.07, 6.45) is 1.07. The van der Waals surface area contributed by atoms with E-state index in [9.17, 15) is 31.3 Å². The second kappa shape index (κ2) is 22.9. The molecule has 33 heteroatoms. The van der Waals surface area contributed by atoms with Gasteiger partial charge in [0.15, 0.2) is 15.6 Å².